The van der Waals surface area contributed by atoms with E-state index in [1.54, 1.807) is 16.8 Å². The number of hydrogen-bond acceptors (Lipinski definition) is 3. The monoisotopic (exact) mass is 443 g/mol. The molecule has 0 unspecified atom stereocenters. The summed E-state index contributed by atoms with van der Waals surface area (Å²) in [6.07, 6.45) is 1.38. The normalized spacial score (nSPS) is 10.8. The molecule has 3 aromatic carbocycles. The second-order valence-corrected chi connectivity index (χ2v) is 7.81. The average Bonchev–Trinajstić information content (AvgIpc) is 3.15. The molecule has 1 amide bonds. The number of carbonyl (C=O) groups is 1. The van der Waals surface area contributed by atoms with E-state index < -0.39 is 0 Å². The molecule has 0 saturated carbocycles. The molecular formula is C27H26FN3O2. The quantitative estimate of drug-likeness (QED) is 0.350. The van der Waals surface area contributed by atoms with E-state index in [9.17, 15) is 9.18 Å². The van der Waals surface area contributed by atoms with Gasteiger partial charge in [-0.15, -0.1) is 0 Å². The summed E-state index contributed by atoms with van der Waals surface area (Å²) in [4.78, 5) is 12.7. The van der Waals surface area contributed by atoms with Crippen molar-refractivity contribution in [3.8, 4) is 17.3 Å². The van der Waals surface area contributed by atoms with Crippen LogP contribution in [0.2, 0.25) is 0 Å². The molecule has 0 radical (unpaired) electrons. The van der Waals surface area contributed by atoms with Gasteiger partial charge < -0.3 is 10.1 Å². The lowest BCUT2D eigenvalue weighted by atomic mass is 10.1. The summed E-state index contributed by atoms with van der Waals surface area (Å²) in [5.41, 5.74) is 4.36. The molecule has 5 nitrogen and oxygen atoms in total. The zero-order valence-electron chi connectivity index (χ0n) is 18.7. The minimum Gasteiger partial charge on any atom is -0.439 e. The standard InChI is InChI=1S/C27H26FN3O2/c1-3-25-24(15-16-26(32)29-21-11-7-9-19(2)17-21)27(33-23-14-8-10-20(28)18-23)31(30-25)22-12-5-4-6-13-22/h4-14,17-18H,3,15-16H2,1-2H3,(H,29,32). The summed E-state index contributed by atoms with van der Waals surface area (Å²) in [5.74, 6) is 0.395. The van der Waals surface area contributed by atoms with Gasteiger partial charge in [0.15, 0.2) is 0 Å². The Bertz CT molecular complexity index is 1250. The topological polar surface area (TPSA) is 56.2 Å². The number of rotatable bonds is 8. The number of halogens is 1. The van der Waals surface area contributed by atoms with Gasteiger partial charge in [0, 0.05) is 23.7 Å². The second kappa shape index (κ2) is 10.1. The molecular weight excluding hydrogens is 417 g/mol. The van der Waals surface area contributed by atoms with Crippen LogP contribution in [0.4, 0.5) is 10.1 Å². The molecule has 168 valence electrons. The van der Waals surface area contributed by atoms with Gasteiger partial charge in [-0.25, -0.2) is 9.07 Å². The first-order valence-electron chi connectivity index (χ1n) is 11.0. The van der Waals surface area contributed by atoms with Gasteiger partial charge in [0.2, 0.25) is 11.8 Å². The van der Waals surface area contributed by atoms with Crippen molar-refractivity contribution in [3.05, 3.63) is 102 Å². The number of ether oxygens (including phenoxy) is 1. The average molecular weight is 444 g/mol. The molecule has 0 bridgehead atoms. The smallest absolute Gasteiger partial charge is 0.226 e. The fourth-order valence-corrected chi connectivity index (χ4v) is 3.69. The lowest BCUT2D eigenvalue weighted by Crippen LogP contribution is -2.13. The Hall–Kier alpha value is -3.93. The molecule has 6 heteroatoms. The number of nitrogens with zero attached hydrogens (tertiary/aromatic N) is 2. The van der Waals surface area contributed by atoms with Gasteiger partial charge in [-0.2, -0.15) is 5.10 Å². The molecule has 4 rings (SSSR count). The van der Waals surface area contributed by atoms with Crippen molar-refractivity contribution in [1.82, 2.24) is 9.78 Å². The van der Waals surface area contributed by atoms with Crippen LogP contribution in [0, 0.1) is 12.7 Å². The predicted octanol–water partition coefficient (Wildman–Crippen LogP) is 6.25. The first-order valence-corrected chi connectivity index (χ1v) is 11.0. The third-order valence-corrected chi connectivity index (χ3v) is 5.27. The molecule has 1 aromatic heterocycles. The van der Waals surface area contributed by atoms with Crippen molar-refractivity contribution in [3.63, 3.8) is 0 Å². The van der Waals surface area contributed by atoms with Crippen molar-refractivity contribution in [2.45, 2.75) is 33.1 Å². The number of benzene rings is 3. The van der Waals surface area contributed by atoms with Gasteiger partial charge in [-0.1, -0.05) is 43.3 Å². The van der Waals surface area contributed by atoms with Crippen LogP contribution in [0.1, 0.15) is 30.2 Å². The maximum absolute atomic E-state index is 13.8. The lowest BCUT2D eigenvalue weighted by molar-refractivity contribution is -0.116. The highest BCUT2D eigenvalue weighted by Gasteiger charge is 2.21. The van der Waals surface area contributed by atoms with Crippen LogP contribution in [0.25, 0.3) is 5.69 Å². The number of hydrogen-bond donors (Lipinski definition) is 1. The van der Waals surface area contributed by atoms with E-state index in [0.717, 1.165) is 28.2 Å². The molecule has 0 saturated heterocycles. The van der Waals surface area contributed by atoms with Crippen molar-refractivity contribution in [2.24, 2.45) is 0 Å². The molecule has 33 heavy (non-hydrogen) atoms. The Balaban J connectivity index is 1.64. The van der Waals surface area contributed by atoms with E-state index in [0.29, 0.717) is 24.5 Å². The molecule has 0 fully saturated rings. The third kappa shape index (κ3) is 5.47. The zero-order valence-corrected chi connectivity index (χ0v) is 18.7. The van der Waals surface area contributed by atoms with Gasteiger partial charge >= 0.3 is 0 Å². The highest BCUT2D eigenvalue weighted by atomic mass is 19.1. The molecule has 0 aliphatic heterocycles. The van der Waals surface area contributed by atoms with Crippen LogP contribution >= 0.6 is 0 Å². The highest BCUT2D eigenvalue weighted by Crippen LogP contribution is 2.32. The van der Waals surface area contributed by atoms with Crippen LogP contribution in [0.5, 0.6) is 11.6 Å². The zero-order chi connectivity index (χ0) is 23.2. The first-order chi connectivity index (χ1) is 16.0. The Labute approximate surface area is 192 Å². The first kappa shape index (κ1) is 22.3. The minimum absolute atomic E-state index is 0.0909. The summed E-state index contributed by atoms with van der Waals surface area (Å²) in [7, 11) is 0. The number of aromatic nitrogens is 2. The van der Waals surface area contributed by atoms with Crippen LogP contribution in [-0.2, 0) is 17.6 Å². The van der Waals surface area contributed by atoms with Crippen molar-refractivity contribution in [2.75, 3.05) is 5.32 Å². The number of carbonyl (C=O) groups excluding carboxylic acids is 1. The molecule has 0 aliphatic rings. The highest BCUT2D eigenvalue weighted by molar-refractivity contribution is 5.90. The van der Waals surface area contributed by atoms with Gasteiger partial charge in [-0.3, -0.25) is 4.79 Å². The minimum atomic E-state index is -0.381. The number of amides is 1. The van der Waals surface area contributed by atoms with Crippen molar-refractivity contribution >= 4 is 11.6 Å². The molecule has 0 spiro atoms. The number of anilines is 1. The van der Waals surface area contributed by atoms with Crippen LogP contribution in [0.3, 0.4) is 0 Å². The number of para-hydroxylation sites is 1. The summed E-state index contributed by atoms with van der Waals surface area (Å²) >= 11 is 0. The Kier molecular flexibility index (Phi) is 6.83. The van der Waals surface area contributed by atoms with E-state index in [1.807, 2.05) is 68.4 Å². The molecule has 0 aliphatic carbocycles. The fraction of sp³-hybridized carbons (Fsp3) is 0.185. The second-order valence-electron chi connectivity index (χ2n) is 7.81. The van der Waals surface area contributed by atoms with Crippen LogP contribution < -0.4 is 10.1 Å². The Morgan fingerprint density at radius 1 is 1.03 bits per heavy atom. The maximum Gasteiger partial charge on any atom is 0.226 e. The van der Waals surface area contributed by atoms with Gasteiger partial charge in [0.25, 0.3) is 0 Å². The Morgan fingerprint density at radius 2 is 1.82 bits per heavy atom. The van der Waals surface area contributed by atoms with Crippen molar-refractivity contribution < 1.29 is 13.9 Å². The molecule has 1 heterocycles. The van der Waals surface area contributed by atoms with Gasteiger partial charge in [0.05, 0.1) is 11.4 Å². The maximum atomic E-state index is 13.8. The summed E-state index contributed by atoms with van der Waals surface area (Å²) in [5, 5.41) is 7.71. The SMILES string of the molecule is CCc1nn(-c2ccccc2)c(Oc2cccc(F)c2)c1CCC(=O)Nc1cccc(C)c1. The van der Waals surface area contributed by atoms with E-state index >= 15 is 0 Å². The molecule has 4 aromatic rings. The summed E-state index contributed by atoms with van der Waals surface area (Å²) in [6, 6.07) is 23.3. The van der Waals surface area contributed by atoms with Gasteiger partial charge in [-0.05, 0) is 61.7 Å². The fourth-order valence-electron chi connectivity index (χ4n) is 3.69. The Morgan fingerprint density at radius 3 is 2.55 bits per heavy atom. The largest absolute Gasteiger partial charge is 0.439 e. The van der Waals surface area contributed by atoms with Crippen LogP contribution in [0.15, 0.2) is 78.9 Å². The predicted molar refractivity (Wildman–Crippen MR) is 128 cm³/mol. The molecule has 0 atom stereocenters. The molecule has 1 N–H and O–H groups in total. The lowest BCUT2D eigenvalue weighted by Gasteiger charge is -2.12. The van der Waals surface area contributed by atoms with E-state index in [4.69, 9.17) is 9.84 Å². The summed E-state index contributed by atoms with van der Waals surface area (Å²) in [6.45, 7) is 4.00. The van der Waals surface area contributed by atoms with Gasteiger partial charge in [0.1, 0.15) is 11.6 Å². The van der Waals surface area contributed by atoms with Crippen LogP contribution in [-0.4, -0.2) is 15.7 Å². The van der Waals surface area contributed by atoms with Crippen molar-refractivity contribution in [1.29, 1.82) is 0 Å². The van der Waals surface area contributed by atoms with E-state index in [2.05, 4.69) is 5.32 Å². The summed E-state index contributed by atoms with van der Waals surface area (Å²) < 4.78 is 21.7. The van der Waals surface area contributed by atoms with E-state index in [1.165, 1.54) is 12.1 Å². The third-order valence-electron chi connectivity index (χ3n) is 5.27. The van der Waals surface area contributed by atoms with E-state index in [-0.39, 0.29) is 18.1 Å². The number of aryl methyl sites for hydroxylation is 2. The number of nitrogens with one attached hydrogen (secondary N) is 1.